The van der Waals surface area contributed by atoms with E-state index >= 15 is 0 Å². The summed E-state index contributed by atoms with van der Waals surface area (Å²) in [5.74, 6) is -0.467. The highest BCUT2D eigenvalue weighted by atomic mass is 16.5. The lowest BCUT2D eigenvalue weighted by atomic mass is 9.94. The number of ether oxygens (including phenoxy) is 1. The summed E-state index contributed by atoms with van der Waals surface area (Å²) in [7, 11) is 0. The standard InChI is InChI=1S/C11H18N4O/c1-11(2)5-9(3-4-16-11)15-10(14)8(6-12)7-13/h6,8-9,12H,3-5H2,1-2H3,(H2,14,15). The number of hydrogen-bond acceptors (Lipinski definition) is 4. The van der Waals surface area contributed by atoms with Gasteiger partial charge in [-0.1, -0.05) is 0 Å². The van der Waals surface area contributed by atoms with Crippen molar-refractivity contribution in [3.05, 3.63) is 0 Å². The Labute approximate surface area is 95.8 Å². The predicted molar refractivity (Wildman–Crippen MR) is 62.6 cm³/mol. The van der Waals surface area contributed by atoms with Crippen LogP contribution in [-0.2, 0) is 4.74 Å². The molecule has 2 unspecified atom stereocenters. The van der Waals surface area contributed by atoms with Crippen molar-refractivity contribution < 1.29 is 4.74 Å². The zero-order chi connectivity index (χ0) is 12.2. The van der Waals surface area contributed by atoms with Gasteiger partial charge in [-0.25, -0.2) is 0 Å². The maximum atomic E-state index is 8.74. The predicted octanol–water partition coefficient (Wildman–Crippen LogP) is 1.09. The van der Waals surface area contributed by atoms with Gasteiger partial charge in [0.1, 0.15) is 11.8 Å². The molecule has 0 aromatic rings. The highest BCUT2D eigenvalue weighted by molar-refractivity contribution is 5.98. The number of rotatable bonds is 3. The first-order chi connectivity index (χ1) is 7.48. The molecule has 0 radical (unpaired) electrons. The smallest absolute Gasteiger partial charge is 0.137 e. The molecule has 16 heavy (non-hydrogen) atoms. The zero-order valence-electron chi connectivity index (χ0n) is 9.73. The molecule has 1 heterocycles. The maximum absolute atomic E-state index is 8.74. The average Bonchev–Trinajstić information content (AvgIpc) is 2.17. The normalized spacial score (nSPS) is 26.8. The summed E-state index contributed by atoms with van der Waals surface area (Å²) in [4.78, 5) is 4.31. The van der Waals surface area contributed by atoms with Crippen molar-refractivity contribution in [3.8, 4) is 6.07 Å². The number of nitrogens with two attached hydrogens (primary N) is 1. The van der Waals surface area contributed by atoms with Gasteiger partial charge >= 0.3 is 0 Å². The van der Waals surface area contributed by atoms with Gasteiger partial charge in [-0.3, -0.25) is 4.99 Å². The molecule has 2 atom stereocenters. The third-order valence-corrected chi connectivity index (χ3v) is 2.63. The van der Waals surface area contributed by atoms with E-state index in [2.05, 4.69) is 4.99 Å². The first-order valence-electron chi connectivity index (χ1n) is 5.36. The van der Waals surface area contributed by atoms with Crippen LogP contribution in [-0.4, -0.2) is 30.3 Å². The van der Waals surface area contributed by atoms with Crippen LogP contribution in [0.2, 0.25) is 0 Å². The van der Waals surface area contributed by atoms with Crippen molar-refractivity contribution in [2.75, 3.05) is 6.61 Å². The van der Waals surface area contributed by atoms with E-state index in [0.29, 0.717) is 6.61 Å². The fraction of sp³-hybridized carbons (Fsp3) is 0.727. The molecule has 1 aliphatic heterocycles. The van der Waals surface area contributed by atoms with Crippen LogP contribution in [0.3, 0.4) is 0 Å². The Morgan fingerprint density at radius 3 is 2.94 bits per heavy atom. The van der Waals surface area contributed by atoms with Gasteiger partial charge < -0.3 is 15.9 Å². The molecule has 5 nitrogen and oxygen atoms in total. The second-order valence-corrected chi connectivity index (χ2v) is 4.58. The lowest BCUT2D eigenvalue weighted by Gasteiger charge is -2.33. The number of amidine groups is 1. The second kappa shape index (κ2) is 5.08. The fourth-order valence-corrected chi connectivity index (χ4v) is 1.79. The molecule has 88 valence electrons. The number of nitrogens with one attached hydrogen (secondary N) is 1. The Morgan fingerprint density at radius 1 is 1.75 bits per heavy atom. The molecule has 0 amide bonds. The van der Waals surface area contributed by atoms with Crippen LogP contribution in [0.15, 0.2) is 4.99 Å². The fourth-order valence-electron chi connectivity index (χ4n) is 1.79. The van der Waals surface area contributed by atoms with Gasteiger partial charge in [-0.15, -0.1) is 0 Å². The van der Waals surface area contributed by atoms with Crippen LogP contribution < -0.4 is 5.73 Å². The van der Waals surface area contributed by atoms with Crippen molar-refractivity contribution >= 4 is 12.1 Å². The van der Waals surface area contributed by atoms with Crippen LogP contribution in [0.25, 0.3) is 0 Å². The summed E-state index contributed by atoms with van der Waals surface area (Å²) in [6.07, 6.45) is 2.63. The summed E-state index contributed by atoms with van der Waals surface area (Å²) in [5.41, 5.74) is 5.51. The Morgan fingerprint density at radius 2 is 2.44 bits per heavy atom. The van der Waals surface area contributed by atoms with Gasteiger partial charge in [0.15, 0.2) is 0 Å². The van der Waals surface area contributed by atoms with Crippen LogP contribution in [0.4, 0.5) is 0 Å². The minimum absolute atomic E-state index is 0.0968. The molecule has 0 aromatic heterocycles. The van der Waals surface area contributed by atoms with Crippen molar-refractivity contribution in [3.63, 3.8) is 0 Å². The summed E-state index contributed by atoms with van der Waals surface area (Å²) in [6, 6.07) is 2.03. The monoisotopic (exact) mass is 222 g/mol. The molecule has 1 fully saturated rings. The topological polar surface area (TPSA) is 95.2 Å². The van der Waals surface area contributed by atoms with Crippen LogP contribution >= 0.6 is 0 Å². The maximum Gasteiger partial charge on any atom is 0.137 e. The van der Waals surface area contributed by atoms with E-state index in [-0.39, 0.29) is 17.5 Å². The highest BCUT2D eigenvalue weighted by Gasteiger charge is 2.29. The van der Waals surface area contributed by atoms with Gasteiger partial charge in [-0.05, 0) is 26.7 Å². The third kappa shape index (κ3) is 3.31. The Balaban J connectivity index is 2.69. The molecule has 0 saturated carbocycles. The summed E-state index contributed by atoms with van der Waals surface area (Å²) >= 11 is 0. The lowest BCUT2D eigenvalue weighted by Crippen LogP contribution is -2.37. The lowest BCUT2D eigenvalue weighted by molar-refractivity contribution is -0.0575. The minimum Gasteiger partial charge on any atom is -0.386 e. The molecule has 0 aromatic carbocycles. The molecule has 0 spiro atoms. The first kappa shape index (κ1) is 12.7. The van der Waals surface area contributed by atoms with E-state index in [1.54, 1.807) is 0 Å². The van der Waals surface area contributed by atoms with Crippen LogP contribution in [0.1, 0.15) is 26.7 Å². The number of hydrogen-bond donors (Lipinski definition) is 2. The summed E-state index contributed by atoms with van der Waals surface area (Å²) in [5, 5.41) is 15.8. The van der Waals surface area contributed by atoms with E-state index in [1.807, 2.05) is 19.9 Å². The van der Waals surface area contributed by atoms with Gasteiger partial charge in [0.25, 0.3) is 0 Å². The second-order valence-electron chi connectivity index (χ2n) is 4.58. The highest BCUT2D eigenvalue weighted by Crippen LogP contribution is 2.26. The zero-order valence-corrected chi connectivity index (χ0v) is 9.73. The van der Waals surface area contributed by atoms with E-state index in [0.717, 1.165) is 19.1 Å². The van der Waals surface area contributed by atoms with E-state index in [4.69, 9.17) is 21.1 Å². The van der Waals surface area contributed by atoms with E-state index in [1.165, 1.54) is 0 Å². The SMILES string of the molecule is CC1(C)CC(N=C(N)C(C#N)C=N)CCO1. The van der Waals surface area contributed by atoms with Gasteiger partial charge in [0, 0.05) is 12.8 Å². The third-order valence-electron chi connectivity index (χ3n) is 2.63. The molecule has 1 aliphatic rings. The van der Waals surface area contributed by atoms with Crippen LogP contribution in [0, 0.1) is 22.7 Å². The van der Waals surface area contributed by atoms with E-state index in [9.17, 15) is 0 Å². The molecule has 0 aliphatic carbocycles. The first-order valence-corrected chi connectivity index (χ1v) is 5.36. The molecular formula is C11H18N4O. The molecule has 1 saturated heterocycles. The van der Waals surface area contributed by atoms with Crippen LogP contribution in [0.5, 0.6) is 0 Å². The largest absolute Gasteiger partial charge is 0.386 e. The summed E-state index contributed by atoms with van der Waals surface area (Å²) < 4.78 is 5.57. The van der Waals surface area contributed by atoms with Crippen molar-refractivity contribution in [2.24, 2.45) is 16.6 Å². The Bertz CT molecular complexity index is 329. The molecule has 0 bridgehead atoms. The molecule has 5 heteroatoms. The van der Waals surface area contributed by atoms with Gasteiger partial charge in [0.05, 0.1) is 17.7 Å². The number of aliphatic imine (C=N–C) groups is 1. The Hall–Kier alpha value is -1.41. The molecule has 1 rings (SSSR count). The number of nitriles is 1. The molecular weight excluding hydrogens is 204 g/mol. The van der Waals surface area contributed by atoms with Crippen molar-refractivity contribution in [1.29, 1.82) is 10.7 Å². The average molecular weight is 222 g/mol. The molecule has 3 N–H and O–H groups in total. The van der Waals surface area contributed by atoms with Gasteiger partial charge in [-0.2, -0.15) is 5.26 Å². The summed E-state index contributed by atoms with van der Waals surface area (Å²) in [6.45, 7) is 4.70. The van der Waals surface area contributed by atoms with Crippen molar-refractivity contribution in [1.82, 2.24) is 0 Å². The minimum atomic E-state index is -0.703. The van der Waals surface area contributed by atoms with Crippen molar-refractivity contribution in [2.45, 2.75) is 38.3 Å². The quantitative estimate of drug-likeness (QED) is 0.552. The number of nitrogens with zero attached hydrogens (tertiary/aromatic N) is 2. The van der Waals surface area contributed by atoms with E-state index < -0.39 is 5.92 Å². The Kier molecular flexibility index (Phi) is 4.02. The van der Waals surface area contributed by atoms with Gasteiger partial charge in [0.2, 0.25) is 0 Å².